The maximum absolute atomic E-state index is 11.3. The fourth-order valence-electron chi connectivity index (χ4n) is 1.27. The van der Waals surface area contributed by atoms with Crippen LogP contribution < -0.4 is 10.5 Å². The fraction of sp³-hybridized carbons (Fsp3) is 0.250. The molecule has 2 N–H and O–H groups in total. The number of nitrogens with zero attached hydrogens (tertiary/aromatic N) is 1. The van der Waals surface area contributed by atoms with Crippen molar-refractivity contribution in [1.29, 1.82) is 5.41 Å². The smallest absolute Gasteiger partial charge is 0.271 e. The zero-order valence-electron chi connectivity index (χ0n) is 6.91. The summed E-state index contributed by atoms with van der Waals surface area (Å²) in [6.07, 6.45) is 1.60. The summed E-state index contributed by atoms with van der Waals surface area (Å²) >= 11 is 1.47. The third-order valence-electron chi connectivity index (χ3n) is 1.89. The van der Waals surface area contributed by atoms with E-state index < -0.39 is 0 Å². The van der Waals surface area contributed by atoms with Crippen molar-refractivity contribution in [2.24, 2.45) is 0 Å². The van der Waals surface area contributed by atoms with Crippen molar-refractivity contribution in [3.63, 3.8) is 0 Å². The van der Waals surface area contributed by atoms with E-state index in [2.05, 4.69) is 4.98 Å². The first-order chi connectivity index (χ1) is 6.29. The lowest BCUT2D eigenvalue weighted by atomic mass is 10.4. The van der Waals surface area contributed by atoms with E-state index in [-0.39, 0.29) is 5.56 Å². The second-order valence-electron chi connectivity index (χ2n) is 2.69. The van der Waals surface area contributed by atoms with Gasteiger partial charge in [-0.25, -0.2) is 0 Å². The molecule has 1 aliphatic rings. The second-order valence-corrected chi connectivity index (χ2v) is 3.77. The number of hydrogen-bond acceptors (Lipinski definition) is 3. The number of aromatic nitrogens is 1. The Morgan fingerprint density at radius 3 is 3.08 bits per heavy atom. The highest BCUT2D eigenvalue weighted by molar-refractivity contribution is 8.14. The average Bonchev–Trinajstić information content (AvgIpc) is 2.52. The Morgan fingerprint density at radius 2 is 2.46 bits per heavy atom. The molecule has 0 amide bonds. The molecule has 1 aromatic heterocycles. The van der Waals surface area contributed by atoms with Crippen LogP contribution in [-0.2, 0) is 0 Å². The van der Waals surface area contributed by atoms with E-state index in [0.29, 0.717) is 10.9 Å². The predicted octanol–water partition coefficient (Wildman–Crippen LogP) is 0.863. The first kappa shape index (κ1) is 8.37. The van der Waals surface area contributed by atoms with Crippen LogP contribution >= 0.6 is 11.8 Å². The van der Waals surface area contributed by atoms with Gasteiger partial charge in [0.15, 0.2) is 5.17 Å². The van der Waals surface area contributed by atoms with Crippen LogP contribution in [0.5, 0.6) is 0 Å². The molecule has 0 radical (unpaired) electrons. The summed E-state index contributed by atoms with van der Waals surface area (Å²) in [6, 6.07) is 3.51. The summed E-state index contributed by atoms with van der Waals surface area (Å²) in [5, 5.41) is 8.03. The van der Waals surface area contributed by atoms with Gasteiger partial charge in [0.2, 0.25) is 0 Å². The molecule has 0 saturated carbocycles. The molecule has 2 rings (SSSR count). The zero-order chi connectivity index (χ0) is 9.26. The zero-order valence-corrected chi connectivity index (χ0v) is 7.73. The molecule has 1 aliphatic heterocycles. The minimum absolute atomic E-state index is 0.130. The normalized spacial score (nSPS) is 16.6. The second kappa shape index (κ2) is 3.26. The molecule has 1 fully saturated rings. The van der Waals surface area contributed by atoms with Crippen molar-refractivity contribution in [2.75, 3.05) is 17.2 Å². The molecule has 0 unspecified atom stereocenters. The molecule has 1 aromatic rings. The summed E-state index contributed by atoms with van der Waals surface area (Å²) < 4.78 is 0. The molecule has 13 heavy (non-hydrogen) atoms. The number of hydrogen-bond donors (Lipinski definition) is 2. The SMILES string of the molecule is N=C1SCCN1c1ccc[nH]c1=O. The number of aromatic amines is 1. The quantitative estimate of drug-likeness (QED) is 0.698. The molecule has 0 aromatic carbocycles. The summed E-state index contributed by atoms with van der Waals surface area (Å²) in [5.41, 5.74) is 0.437. The number of rotatable bonds is 1. The molecule has 68 valence electrons. The lowest BCUT2D eigenvalue weighted by molar-refractivity contribution is 1.06. The van der Waals surface area contributed by atoms with Gasteiger partial charge in [-0.1, -0.05) is 11.8 Å². The standard InChI is InChI=1S/C8H9N3OS/c9-8-11(4-5-13-8)6-2-1-3-10-7(6)12/h1-3,9H,4-5H2,(H,10,12). The Hall–Kier alpha value is -1.23. The van der Waals surface area contributed by atoms with Gasteiger partial charge in [0.25, 0.3) is 5.56 Å². The molecule has 0 spiro atoms. The van der Waals surface area contributed by atoms with Gasteiger partial charge in [-0.15, -0.1) is 0 Å². The molecular weight excluding hydrogens is 186 g/mol. The highest BCUT2D eigenvalue weighted by Crippen LogP contribution is 2.20. The van der Waals surface area contributed by atoms with Gasteiger partial charge in [0.05, 0.1) is 0 Å². The van der Waals surface area contributed by atoms with Crippen molar-refractivity contribution in [2.45, 2.75) is 0 Å². The van der Waals surface area contributed by atoms with Crippen LogP contribution in [0, 0.1) is 5.41 Å². The molecule has 2 heterocycles. The van der Waals surface area contributed by atoms with E-state index in [4.69, 9.17) is 5.41 Å². The molecule has 5 heteroatoms. The van der Waals surface area contributed by atoms with Crippen molar-refractivity contribution in [3.8, 4) is 0 Å². The van der Waals surface area contributed by atoms with Gasteiger partial charge in [-0.3, -0.25) is 10.2 Å². The molecular formula is C8H9N3OS. The number of amidine groups is 1. The maximum atomic E-state index is 11.3. The van der Waals surface area contributed by atoms with Crippen LogP contribution in [0.1, 0.15) is 0 Å². The first-order valence-corrected chi connectivity index (χ1v) is 4.94. The van der Waals surface area contributed by atoms with E-state index in [9.17, 15) is 4.79 Å². The van der Waals surface area contributed by atoms with Gasteiger partial charge in [0.1, 0.15) is 5.69 Å². The number of nitrogens with one attached hydrogen (secondary N) is 2. The number of H-pyrrole nitrogens is 1. The third kappa shape index (κ3) is 1.47. The van der Waals surface area contributed by atoms with Crippen LogP contribution in [0.15, 0.2) is 23.1 Å². The summed E-state index contributed by atoms with van der Waals surface area (Å²) in [7, 11) is 0. The molecule has 0 aliphatic carbocycles. The molecule has 0 atom stereocenters. The van der Waals surface area contributed by atoms with Gasteiger partial charge >= 0.3 is 0 Å². The fourth-order valence-corrected chi connectivity index (χ4v) is 2.08. The van der Waals surface area contributed by atoms with Crippen LogP contribution in [0.2, 0.25) is 0 Å². The highest BCUT2D eigenvalue weighted by Gasteiger charge is 2.20. The summed E-state index contributed by atoms with van der Waals surface area (Å²) in [5.74, 6) is 0.882. The van der Waals surface area contributed by atoms with Crippen LogP contribution in [0.4, 0.5) is 5.69 Å². The van der Waals surface area contributed by atoms with E-state index in [0.717, 1.165) is 12.3 Å². The lowest BCUT2D eigenvalue weighted by Gasteiger charge is -2.14. The van der Waals surface area contributed by atoms with Crippen molar-refractivity contribution < 1.29 is 0 Å². The summed E-state index contributed by atoms with van der Waals surface area (Å²) in [6.45, 7) is 0.747. The van der Waals surface area contributed by atoms with E-state index >= 15 is 0 Å². The predicted molar refractivity (Wildman–Crippen MR) is 54.6 cm³/mol. The highest BCUT2D eigenvalue weighted by atomic mass is 32.2. The third-order valence-corrected chi connectivity index (χ3v) is 2.77. The number of thioether (sulfide) groups is 1. The Balaban J connectivity index is 2.40. The average molecular weight is 195 g/mol. The Bertz CT molecular complexity index is 387. The topological polar surface area (TPSA) is 60.0 Å². The van der Waals surface area contributed by atoms with Gasteiger partial charge in [-0.05, 0) is 12.1 Å². The number of anilines is 1. The van der Waals surface area contributed by atoms with Crippen LogP contribution in [0.25, 0.3) is 0 Å². The Kier molecular flexibility index (Phi) is 2.10. The first-order valence-electron chi connectivity index (χ1n) is 3.95. The van der Waals surface area contributed by atoms with Gasteiger partial charge in [0, 0.05) is 18.5 Å². The van der Waals surface area contributed by atoms with E-state index in [1.54, 1.807) is 23.2 Å². The maximum Gasteiger partial charge on any atom is 0.271 e. The minimum Gasteiger partial charge on any atom is -0.327 e. The van der Waals surface area contributed by atoms with E-state index in [1.165, 1.54) is 11.8 Å². The van der Waals surface area contributed by atoms with Crippen molar-refractivity contribution in [3.05, 3.63) is 28.7 Å². The van der Waals surface area contributed by atoms with Crippen LogP contribution in [-0.4, -0.2) is 22.4 Å². The monoisotopic (exact) mass is 195 g/mol. The molecule has 1 saturated heterocycles. The number of pyridine rings is 1. The van der Waals surface area contributed by atoms with Gasteiger partial charge < -0.3 is 9.88 Å². The molecule has 0 bridgehead atoms. The Labute approximate surface area is 79.5 Å². The van der Waals surface area contributed by atoms with Crippen LogP contribution in [0.3, 0.4) is 0 Å². The summed E-state index contributed by atoms with van der Waals surface area (Å²) in [4.78, 5) is 15.7. The molecule has 4 nitrogen and oxygen atoms in total. The minimum atomic E-state index is -0.130. The largest absolute Gasteiger partial charge is 0.327 e. The van der Waals surface area contributed by atoms with E-state index in [1.807, 2.05) is 0 Å². The van der Waals surface area contributed by atoms with Crippen molar-refractivity contribution >= 4 is 22.6 Å². The lowest BCUT2D eigenvalue weighted by Crippen LogP contribution is -2.28. The van der Waals surface area contributed by atoms with Crippen molar-refractivity contribution in [1.82, 2.24) is 4.98 Å². The Morgan fingerprint density at radius 1 is 1.62 bits per heavy atom. The van der Waals surface area contributed by atoms with Gasteiger partial charge in [-0.2, -0.15) is 0 Å².